The maximum atomic E-state index is 6.31. The molecule has 23 heavy (non-hydrogen) atoms. The Labute approximate surface area is 138 Å². The molecule has 0 saturated carbocycles. The summed E-state index contributed by atoms with van der Waals surface area (Å²) < 4.78 is 6.31. The normalized spacial score (nSPS) is 11.0. The molecule has 0 fully saturated rings. The molecule has 0 radical (unpaired) electrons. The first-order valence-corrected chi connectivity index (χ1v) is 9.50. The van der Waals surface area contributed by atoms with Crippen LogP contribution in [0, 0.1) is 0 Å². The second-order valence-electron chi connectivity index (χ2n) is 5.20. The lowest BCUT2D eigenvalue weighted by Crippen LogP contribution is -2.70. The molecule has 0 aromatic heterocycles. The zero-order valence-corrected chi connectivity index (χ0v) is 13.9. The van der Waals surface area contributed by atoms with Crippen molar-refractivity contribution in [2.24, 2.45) is 0 Å². The van der Waals surface area contributed by atoms with E-state index in [0.717, 1.165) is 0 Å². The maximum absolute atomic E-state index is 6.31. The minimum Gasteiger partial charge on any atom is -0.306 e. The highest BCUT2D eigenvalue weighted by molar-refractivity contribution is 7.07. The molecular weight excluding hydrogens is 298 g/mol. The summed E-state index contributed by atoms with van der Waals surface area (Å²) in [6.45, 7) is 3.73. The zero-order valence-electron chi connectivity index (χ0n) is 12.9. The fraction of sp³-hybridized carbons (Fsp3) is 0. The van der Waals surface area contributed by atoms with Crippen molar-refractivity contribution >= 4 is 23.9 Å². The number of benzene rings is 3. The predicted octanol–water partition coefficient (Wildman–Crippen LogP) is 2.32. The number of rotatable bonds is 6. The lowest BCUT2D eigenvalue weighted by atomic mass is 10.3. The van der Waals surface area contributed by atoms with E-state index >= 15 is 0 Å². The SMILES string of the molecule is C=CNO[Si](c1ccccc1)(c1ccccc1)c1ccccc1. The second kappa shape index (κ2) is 7.09. The van der Waals surface area contributed by atoms with Crippen molar-refractivity contribution in [3.63, 3.8) is 0 Å². The minimum atomic E-state index is -2.63. The number of nitrogens with one attached hydrogen (secondary N) is 1. The monoisotopic (exact) mass is 317 g/mol. The van der Waals surface area contributed by atoms with Gasteiger partial charge in [0.15, 0.2) is 0 Å². The average molecular weight is 317 g/mol. The van der Waals surface area contributed by atoms with E-state index in [9.17, 15) is 0 Å². The van der Waals surface area contributed by atoms with E-state index in [0.29, 0.717) is 0 Å². The van der Waals surface area contributed by atoms with Crippen molar-refractivity contribution in [2.75, 3.05) is 0 Å². The molecule has 0 aliphatic carbocycles. The summed E-state index contributed by atoms with van der Waals surface area (Å²) >= 11 is 0. The van der Waals surface area contributed by atoms with Gasteiger partial charge in [-0.1, -0.05) is 97.6 Å². The number of hydrogen-bond donors (Lipinski definition) is 1. The van der Waals surface area contributed by atoms with Crippen LogP contribution in [0.2, 0.25) is 0 Å². The Morgan fingerprint density at radius 2 is 1.00 bits per heavy atom. The van der Waals surface area contributed by atoms with E-state index in [1.807, 2.05) is 18.2 Å². The largest absolute Gasteiger partial charge is 0.321 e. The molecule has 114 valence electrons. The summed E-state index contributed by atoms with van der Waals surface area (Å²) in [4.78, 5) is 0. The van der Waals surface area contributed by atoms with Crippen LogP contribution in [0.5, 0.6) is 0 Å². The van der Waals surface area contributed by atoms with E-state index < -0.39 is 8.32 Å². The number of hydroxylamine groups is 1. The second-order valence-corrected chi connectivity index (χ2v) is 8.50. The first-order valence-electron chi connectivity index (χ1n) is 7.59. The van der Waals surface area contributed by atoms with Crippen LogP contribution in [0.1, 0.15) is 0 Å². The van der Waals surface area contributed by atoms with Gasteiger partial charge in [0.2, 0.25) is 0 Å². The molecule has 0 saturated heterocycles. The Hall–Kier alpha value is -2.62. The van der Waals surface area contributed by atoms with E-state index in [2.05, 4.69) is 84.9 Å². The van der Waals surface area contributed by atoms with Gasteiger partial charge in [0.05, 0.1) is 0 Å². The first kappa shape index (κ1) is 15.3. The van der Waals surface area contributed by atoms with Gasteiger partial charge in [-0.15, -0.1) is 0 Å². The molecule has 1 N–H and O–H groups in total. The van der Waals surface area contributed by atoms with Gasteiger partial charge >= 0.3 is 8.32 Å². The van der Waals surface area contributed by atoms with Gasteiger partial charge in [0.1, 0.15) is 0 Å². The van der Waals surface area contributed by atoms with Crippen LogP contribution >= 0.6 is 0 Å². The molecule has 0 bridgehead atoms. The fourth-order valence-electron chi connectivity index (χ4n) is 2.83. The van der Waals surface area contributed by atoms with Gasteiger partial charge in [-0.2, -0.15) is 0 Å². The van der Waals surface area contributed by atoms with Crippen molar-refractivity contribution in [3.8, 4) is 0 Å². The third kappa shape index (κ3) is 2.97. The first-order chi connectivity index (χ1) is 11.4. The van der Waals surface area contributed by atoms with Crippen LogP contribution in [0.15, 0.2) is 104 Å². The summed E-state index contributed by atoms with van der Waals surface area (Å²) in [5, 5.41) is 3.56. The van der Waals surface area contributed by atoms with Crippen molar-refractivity contribution in [1.29, 1.82) is 0 Å². The van der Waals surface area contributed by atoms with Gasteiger partial charge in [-0.25, -0.2) is 0 Å². The smallest absolute Gasteiger partial charge is 0.306 e. The molecule has 3 aromatic rings. The van der Waals surface area contributed by atoms with E-state index in [1.165, 1.54) is 15.6 Å². The highest BCUT2D eigenvalue weighted by Crippen LogP contribution is 2.08. The minimum absolute atomic E-state index is 1.19. The van der Waals surface area contributed by atoms with Crippen LogP contribution < -0.4 is 21.0 Å². The molecule has 0 unspecified atom stereocenters. The zero-order chi connectivity index (χ0) is 16.0. The molecular formula is C20H19NOSi. The van der Waals surface area contributed by atoms with Crippen molar-refractivity contribution in [3.05, 3.63) is 104 Å². The maximum Gasteiger partial charge on any atom is 0.321 e. The van der Waals surface area contributed by atoms with Gasteiger partial charge in [-0.3, -0.25) is 5.48 Å². The van der Waals surface area contributed by atoms with Gasteiger partial charge in [0.25, 0.3) is 0 Å². The molecule has 2 nitrogen and oxygen atoms in total. The Morgan fingerprint density at radius 3 is 1.30 bits per heavy atom. The third-order valence-corrected chi connectivity index (χ3v) is 7.70. The summed E-state index contributed by atoms with van der Waals surface area (Å²) in [6, 6.07) is 31.2. The molecule has 0 heterocycles. The molecule has 0 aliphatic heterocycles. The summed E-state index contributed by atoms with van der Waals surface area (Å²) in [7, 11) is -2.63. The van der Waals surface area contributed by atoms with Gasteiger partial charge in [-0.05, 0) is 15.6 Å². The summed E-state index contributed by atoms with van der Waals surface area (Å²) in [5.74, 6) is 0. The highest BCUT2D eigenvalue weighted by Gasteiger charge is 2.42. The van der Waals surface area contributed by atoms with Gasteiger partial charge in [0, 0.05) is 6.20 Å². The van der Waals surface area contributed by atoms with Crippen molar-refractivity contribution in [2.45, 2.75) is 0 Å². The van der Waals surface area contributed by atoms with E-state index in [-0.39, 0.29) is 0 Å². The van der Waals surface area contributed by atoms with Crippen LogP contribution in [-0.4, -0.2) is 8.32 Å². The lowest BCUT2D eigenvalue weighted by Gasteiger charge is -2.31. The molecule has 0 aliphatic rings. The Balaban J connectivity index is 2.27. The Morgan fingerprint density at radius 1 is 0.652 bits per heavy atom. The topological polar surface area (TPSA) is 21.3 Å². The molecule has 3 rings (SSSR count). The average Bonchev–Trinajstić information content (AvgIpc) is 2.65. The van der Waals surface area contributed by atoms with Crippen molar-refractivity contribution < 1.29 is 4.53 Å². The Kier molecular flexibility index (Phi) is 4.71. The quantitative estimate of drug-likeness (QED) is 0.428. The summed E-state index contributed by atoms with van der Waals surface area (Å²) in [6.07, 6.45) is 1.58. The summed E-state index contributed by atoms with van der Waals surface area (Å²) in [5.41, 5.74) is 2.91. The molecule has 3 heteroatoms. The van der Waals surface area contributed by atoms with E-state index in [1.54, 1.807) is 6.20 Å². The van der Waals surface area contributed by atoms with E-state index in [4.69, 9.17) is 4.53 Å². The predicted molar refractivity (Wildman–Crippen MR) is 98.4 cm³/mol. The van der Waals surface area contributed by atoms with Crippen molar-refractivity contribution in [1.82, 2.24) is 5.48 Å². The highest BCUT2D eigenvalue weighted by atomic mass is 28.4. The molecule has 0 spiro atoms. The standard InChI is InChI=1S/C20H19NOSi/c1-2-21-22-23(18-12-6-3-7-13-18,19-14-8-4-9-15-19)20-16-10-5-11-17-20/h2-17,21H,1H2. The molecule has 0 atom stereocenters. The van der Waals surface area contributed by atoms with Crippen LogP contribution in [0.25, 0.3) is 0 Å². The molecule has 3 aromatic carbocycles. The molecule has 0 amide bonds. The number of hydrogen-bond acceptors (Lipinski definition) is 2. The van der Waals surface area contributed by atoms with Gasteiger partial charge < -0.3 is 4.53 Å². The van der Waals surface area contributed by atoms with Crippen LogP contribution in [-0.2, 0) is 4.53 Å². The Bertz CT molecular complexity index is 648. The fourth-order valence-corrected chi connectivity index (χ4v) is 6.42. The van der Waals surface area contributed by atoms with Crippen LogP contribution in [0.3, 0.4) is 0 Å². The van der Waals surface area contributed by atoms with Crippen LogP contribution in [0.4, 0.5) is 0 Å². The third-order valence-electron chi connectivity index (χ3n) is 3.84. The lowest BCUT2D eigenvalue weighted by molar-refractivity contribution is 0.246.